The molecule has 2 aromatic rings. The second-order valence-corrected chi connectivity index (χ2v) is 7.98. The van der Waals surface area contributed by atoms with Crippen LogP contribution in [0.3, 0.4) is 0 Å². The Morgan fingerprint density at radius 3 is 1.82 bits per heavy atom. The highest BCUT2D eigenvalue weighted by molar-refractivity contribution is 7.89. The number of carbonyl (C=O) groups excluding carboxylic acids is 2. The van der Waals surface area contributed by atoms with Crippen LogP contribution in [0.25, 0.3) is 0 Å². The maximum absolute atomic E-state index is 12.5. The van der Waals surface area contributed by atoms with Crippen molar-refractivity contribution in [2.45, 2.75) is 32.1 Å². The summed E-state index contributed by atoms with van der Waals surface area (Å²) in [6.45, 7) is 6.12. The van der Waals surface area contributed by atoms with E-state index < -0.39 is 10.0 Å². The number of rotatable bonds is 8. The average molecular weight is 404 g/mol. The van der Waals surface area contributed by atoms with Crippen molar-refractivity contribution in [1.29, 1.82) is 0 Å². The van der Waals surface area contributed by atoms with Gasteiger partial charge in [0.05, 0.1) is 4.90 Å². The van der Waals surface area contributed by atoms with Crippen molar-refractivity contribution >= 4 is 33.2 Å². The number of nitrogens with one attached hydrogen (secondary N) is 2. The second-order valence-electron chi connectivity index (χ2n) is 6.05. The molecule has 2 amide bonds. The zero-order chi connectivity index (χ0) is 20.7. The normalized spacial score (nSPS) is 11.3. The summed E-state index contributed by atoms with van der Waals surface area (Å²) in [4.78, 5) is 23.9. The Morgan fingerprint density at radius 1 is 0.821 bits per heavy atom. The molecule has 0 saturated carbocycles. The predicted octanol–water partition coefficient (Wildman–Crippen LogP) is 3.32. The standard InChI is InChI=1S/C20H25N3O4S/c1-4-19(24)21-16-9-7-15(8-10-16)20(25)22-17-11-13-18(14-12-17)28(26,27)23(5-2)6-3/h7-14H,4-6H2,1-3H3,(H,21,24)(H,22,25). The minimum Gasteiger partial charge on any atom is -0.326 e. The Bertz CT molecular complexity index is 919. The van der Waals surface area contributed by atoms with E-state index in [1.165, 1.54) is 16.4 Å². The number of anilines is 2. The van der Waals surface area contributed by atoms with Gasteiger partial charge < -0.3 is 10.6 Å². The number of benzene rings is 2. The van der Waals surface area contributed by atoms with Gasteiger partial charge in [0.2, 0.25) is 15.9 Å². The van der Waals surface area contributed by atoms with Gasteiger partial charge in [0.15, 0.2) is 0 Å². The number of amides is 2. The number of sulfonamides is 1. The van der Waals surface area contributed by atoms with E-state index in [-0.39, 0.29) is 16.7 Å². The van der Waals surface area contributed by atoms with Gasteiger partial charge in [-0.1, -0.05) is 20.8 Å². The van der Waals surface area contributed by atoms with E-state index >= 15 is 0 Å². The van der Waals surface area contributed by atoms with E-state index in [9.17, 15) is 18.0 Å². The lowest BCUT2D eigenvalue weighted by Gasteiger charge is -2.18. The van der Waals surface area contributed by atoms with Crippen molar-refractivity contribution in [1.82, 2.24) is 4.31 Å². The predicted molar refractivity (Wildman–Crippen MR) is 110 cm³/mol. The van der Waals surface area contributed by atoms with E-state index in [0.717, 1.165) is 0 Å². The fraction of sp³-hybridized carbons (Fsp3) is 0.300. The SMILES string of the molecule is CCC(=O)Nc1ccc(C(=O)Nc2ccc(S(=O)(=O)N(CC)CC)cc2)cc1. The zero-order valence-corrected chi connectivity index (χ0v) is 17.0. The number of hydrogen-bond acceptors (Lipinski definition) is 4. The molecule has 7 nitrogen and oxygen atoms in total. The molecule has 0 bridgehead atoms. The first-order valence-corrected chi connectivity index (χ1v) is 10.6. The molecule has 0 spiro atoms. The molecule has 8 heteroatoms. The quantitative estimate of drug-likeness (QED) is 0.707. The average Bonchev–Trinajstić information content (AvgIpc) is 2.69. The maximum atomic E-state index is 12.5. The minimum absolute atomic E-state index is 0.100. The summed E-state index contributed by atoms with van der Waals surface area (Å²) in [5.74, 6) is -0.426. The highest BCUT2D eigenvalue weighted by atomic mass is 32.2. The fourth-order valence-electron chi connectivity index (χ4n) is 2.58. The summed E-state index contributed by atoms with van der Waals surface area (Å²) in [5.41, 5.74) is 1.54. The molecule has 0 saturated heterocycles. The molecular formula is C20H25N3O4S. The molecule has 28 heavy (non-hydrogen) atoms. The van der Waals surface area contributed by atoms with Crippen LogP contribution in [0.2, 0.25) is 0 Å². The summed E-state index contributed by atoms with van der Waals surface area (Å²) in [6, 6.07) is 12.6. The van der Waals surface area contributed by atoms with Gasteiger partial charge in [0.25, 0.3) is 5.91 Å². The summed E-state index contributed by atoms with van der Waals surface area (Å²) in [6.07, 6.45) is 0.377. The Morgan fingerprint density at radius 2 is 1.32 bits per heavy atom. The van der Waals surface area contributed by atoms with Crippen LogP contribution in [0.1, 0.15) is 37.6 Å². The van der Waals surface area contributed by atoms with E-state index in [4.69, 9.17) is 0 Å². The molecule has 0 aliphatic carbocycles. The summed E-state index contributed by atoms with van der Waals surface area (Å²) in [5, 5.41) is 5.45. The minimum atomic E-state index is -3.53. The Kier molecular flexibility index (Phi) is 7.31. The van der Waals surface area contributed by atoms with E-state index in [0.29, 0.717) is 36.4 Å². The van der Waals surface area contributed by atoms with Gasteiger partial charge in [-0.05, 0) is 48.5 Å². The van der Waals surface area contributed by atoms with Crippen molar-refractivity contribution in [2.75, 3.05) is 23.7 Å². The Labute approximate surface area is 165 Å². The lowest BCUT2D eigenvalue weighted by Crippen LogP contribution is -2.30. The van der Waals surface area contributed by atoms with Crippen molar-refractivity contribution in [3.8, 4) is 0 Å². The maximum Gasteiger partial charge on any atom is 0.255 e. The lowest BCUT2D eigenvalue weighted by molar-refractivity contribution is -0.115. The third-order valence-electron chi connectivity index (χ3n) is 4.21. The molecule has 0 aromatic heterocycles. The van der Waals surface area contributed by atoms with Crippen LogP contribution in [-0.2, 0) is 14.8 Å². The number of nitrogens with zero attached hydrogens (tertiary/aromatic N) is 1. The van der Waals surface area contributed by atoms with Crippen LogP contribution in [0.5, 0.6) is 0 Å². The van der Waals surface area contributed by atoms with Crippen molar-refractivity contribution in [2.24, 2.45) is 0 Å². The Balaban J connectivity index is 2.07. The molecule has 0 heterocycles. The van der Waals surface area contributed by atoms with Gasteiger partial charge in [-0.2, -0.15) is 4.31 Å². The number of hydrogen-bond donors (Lipinski definition) is 2. The molecule has 0 atom stereocenters. The van der Waals surface area contributed by atoms with Crippen molar-refractivity contribution in [3.63, 3.8) is 0 Å². The molecular weight excluding hydrogens is 378 g/mol. The lowest BCUT2D eigenvalue weighted by atomic mass is 10.2. The third-order valence-corrected chi connectivity index (χ3v) is 6.27. The first kappa shape index (κ1) is 21.6. The highest BCUT2D eigenvalue weighted by Gasteiger charge is 2.21. The molecule has 0 unspecified atom stereocenters. The first-order valence-electron chi connectivity index (χ1n) is 9.13. The van der Waals surface area contributed by atoms with Crippen LogP contribution in [0.4, 0.5) is 11.4 Å². The molecule has 2 N–H and O–H groups in total. The molecule has 2 aromatic carbocycles. The zero-order valence-electron chi connectivity index (χ0n) is 16.2. The van der Waals surface area contributed by atoms with Crippen LogP contribution < -0.4 is 10.6 Å². The monoisotopic (exact) mass is 403 g/mol. The van der Waals surface area contributed by atoms with Gasteiger partial charge in [0.1, 0.15) is 0 Å². The van der Waals surface area contributed by atoms with Crippen LogP contribution in [0.15, 0.2) is 53.4 Å². The van der Waals surface area contributed by atoms with E-state index in [1.54, 1.807) is 57.2 Å². The third kappa shape index (κ3) is 5.17. The first-order chi connectivity index (χ1) is 13.3. The fourth-order valence-corrected chi connectivity index (χ4v) is 4.04. The van der Waals surface area contributed by atoms with Crippen molar-refractivity contribution in [3.05, 3.63) is 54.1 Å². The van der Waals surface area contributed by atoms with Crippen molar-refractivity contribution < 1.29 is 18.0 Å². The molecule has 0 radical (unpaired) electrons. The second kappa shape index (κ2) is 9.48. The highest BCUT2D eigenvalue weighted by Crippen LogP contribution is 2.19. The van der Waals surface area contributed by atoms with E-state index in [2.05, 4.69) is 10.6 Å². The van der Waals surface area contributed by atoms with Gasteiger partial charge in [0, 0.05) is 36.4 Å². The summed E-state index contributed by atoms with van der Waals surface area (Å²) in [7, 11) is -3.53. The van der Waals surface area contributed by atoms with Gasteiger partial charge in [-0.15, -0.1) is 0 Å². The molecule has 150 valence electrons. The molecule has 0 aliphatic rings. The topological polar surface area (TPSA) is 95.6 Å². The number of carbonyl (C=O) groups is 2. The van der Waals surface area contributed by atoms with Gasteiger partial charge in [-0.25, -0.2) is 8.42 Å². The Hall–Kier alpha value is -2.71. The van der Waals surface area contributed by atoms with Crippen LogP contribution in [0, 0.1) is 0 Å². The van der Waals surface area contributed by atoms with Crippen LogP contribution in [-0.4, -0.2) is 37.6 Å². The van der Waals surface area contributed by atoms with E-state index in [1.807, 2.05) is 0 Å². The van der Waals surface area contributed by atoms with Crippen LogP contribution >= 0.6 is 0 Å². The summed E-state index contributed by atoms with van der Waals surface area (Å²) >= 11 is 0. The summed E-state index contributed by atoms with van der Waals surface area (Å²) < 4.78 is 26.4. The molecule has 0 aliphatic heterocycles. The van der Waals surface area contributed by atoms with Gasteiger partial charge >= 0.3 is 0 Å². The molecule has 2 rings (SSSR count). The smallest absolute Gasteiger partial charge is 0.255 e. The molecule has 0 fully saturated rings. The van der Waals surface area contributed by atoms with Gasteiger partial charge in [-0.3, -0.25) is 9.59 Å². The largest absolute Gasteiger partial charge is 0.326 e.